The van der Waals surface area contributed by atoms with E-state index in [-0.39, 0.29) is 0 Å². The molecule has 1 aromatic carbocycles. The predicted molar refractivity (Wildman–Crippen MR) is 82.2 cm³/mol. The number of nitriles is 1. The lowest BCUT2D eigenvalue weighted by atomic mass is 9.90. The van der Waals surface area contributed by atoms with E-state index in [1.165, 1.54) is 11.3 Å². The number of aromatic nitrogens is 1. The van der Waals surface area contributed by atoms with E-state index in [4.69, 9.17) is 16.9 Å². The van der Waals surface area contributed by atoms with Gasteiger partial charge in [0.05, 0.1) is 16.3 Å². The molecule has 0 aliphatic rings. The minimum atomic E-state index is -1.04. The van der Waals surface area contributed by atoms with Gasteiger partial charge in [-0.3, -0.25) is 4.79 Å². The highest BCUT2D eigenvalue weighted by Gasteiger charge is 2.32. The van der Waals surface area contributed by atoms with Gasteiger partial charge in [0.1, 0.15) is 11.5 Å². The number of carboxylic acid groups (broad SMARTS) is 1. The van der Waals surface area contributed by atoms with Crippen molar-refractivity contribution in [3.8, 4) is 6.07 Å². The molecule has 7 heteroatoms. The fraction of sp³-hybridized carbons (Fsp3) is 0.214. The van der Waals surface area contributed by atoms with Gasteiger partial charge in [0.25, 0.3) is 0 Å². The van der Waals surface area contributed by atoms with E-state index in [0.717, 1.165) is 0 Å². The lowest BCUT2D eigenvalue weighted by molar-refractivity contribution is -0.142. The third-order valence-corrected chi connectivity index (χ3v) is 4.09. The number of hydrogen-bond donors (Lipinski definition) is 2. The molecule has 1 heterocycles. The number of nitrogens with one attached hydrogen (secondary N) is 1. The van der Waals surface area contributed by atoms with Crippen LogP contribution in [0.15, 0.2) is 23.6 Å². The van der Waals surface area contributed by atoms with Crippen LogP contribution in [0.3, 0.4) is 0 Å². The smallest absolute Gasteiger partial charge is 0.315 e. The Balaban J connectivity index is 2.22. The number of hydrogen-bond acceptors (Lipinski definition) is 5. The SMILES string of the molecule is CC(C)(C(=O)O)c1csc(Nc2ccc(C#N)c(Cl)c2)n1. The summed E-state index contributed by atoms with van der Waals surface area (Å²) < 4.78 is 0. The summed E-state index contributed by atoms with van der Waals surface area (Å²) in [5.41, 5.74) is 0.531. The van der Waals surface area contributed by atoms with E-state index in [9.17, 15) is 9.90 Å². The molecule has 108 valence electrons. The highest BCUT2D eigenvalue weighted by atomic mass is 35.5. The highest BCUT2D eigenvalue weighted by molar-refractivity contribution is 7.13. The summed E-state index contributed by atoms with van der Waals surface area (Å²) in [6, 6.07) is 6.94. The van der Waals surface area contributed by atoms with Crippen LogP contribution in [-0.4, -0.2) is 16.1 Å². The maximum absolute atomic E-state index is 11.2. The number of benzene rings is 1. The molecular formula is C14H12ClN3O2S. The fourth-order valence-electron chi connectivity index (χ4n) is 1.53. The molecule has 0 unspecified atom stereocenters. The molecular weight excluding hydrogens is 310 g/mol. The Morgan fingerprint density at radius 2 is 2.24 bits per heavy atom. The zero-order valence-electron chi connectivity index (χ0n) is 11.3. The van der Waals surface area contributed by atoms with Crippen molar-refractivity contribution in [2.24, 2.45) is 0 Å². The van der Waals surface area contributed by atoms with Gasteiger partial charge in [-0.05, 0) is 32.0 Å². The molecule has 0 bridgehead atoms. The molecule has 2 N–H and O–H groups in total. The van der Waals surface area contributed by atoms with E-state index in [1.54, 1.807) is 37.4 Å². The number of carboxylic acids is 1. The van der Waals surface area contributed by atoms with Crippen LogP contribution in [0.2, 0.25) is 5.02 Å². The molecule has 2 aromatic rings. The molecule has 0 atom stereocenters. The van der Waals surface area contributed by atoms with Crippen molar-refractivity contribution in [3.63, 3.8) is 0 Å². The normalized spacial score (nSPS) is 11.0. The molecule has 1 aromatic heterocycles. The fourth-order valence-corrected chi connectivity index (χ4v) is 2.66. The topological polar surface area (TPSA) is 86.0 Å². The zero-order valence-corrected chi connectivity index (χ0v) is 12.9. The van der Waals surface area contributed by atoms with Gasteiger partial charge in [0.2, 0.25) is 0 Å². The first kappa shape index (κ1) is 15.3. The van der Waals surface area contributed by atoms with E-state index in [1.807, 2.05) is 6.07 Å². The Morgan fingerprint density at radius 1 is 1.52 bits per heavy atom. The van der Waals surface area contributed by atoms with Crippen LogP contribution in [0.5, 0.6) is 0 Å². The molecule has 0 saturated carbocycles. The second-order valence-electron chi connectivity index (χ2n) is 4.90. The van der Waals surface area contributed by atoms with Crippen LogP contribution in [0.1, 0.15) is 25.1 Å². The highest BCUT2D eigenvalue weighted by Crippen LogP contribution is 2.30. The van der Waals surface area contributed by atoms with Crippen molar-refractivity contribution in [2.45, 2.75) is 19.3 Å². The standard InChI is InChI=1S/C14H12ClN3O2S/c1-14(2,12(19)20)11-7-21-13(18-11)17-9-4-3-8(6-16)10(15)5-9/h3-5,7H,1-2H3,(H,17,18)(H,19,20). The number of anilines is 2. The van der Waals surface area contributed by atoms with Crippen LogP contribution in [0, 0.1) is 11.3 Å². The van der Waals surface area contributed by atoms with E-state index in [0.29, 0.717) is 27.1 Å². The zero-order chi connectivity index (χ0) is 15.6. The summed E-state index contributed by atoms with van der Waals surface area (Å²) in [6.07, 6.45) is 0. The summed E-state index contributed by atoms with van der Waals surface area (Å²) in [6.45, 7) is 3.21. The second-order valence-corrected chi connectivity index (χ2v) is 6.16. The second kappa shape index (κ2) is 5.72. The van der Waals surface area contributed by atoms with Crippen LogP contribution in [0.4, 0.5) is 10.8 Å². The Morgan fingerprint density at radius 3 is 2.81 bits per heavy atom. The van der Waals surface area contributed by atoms with Crippen molar-refractivity contribution in [2.75, 3.05) is 5.32 Å². The molecule has 21 heavy (non-hydrogen) atoms. The van der Waals surface area contributed by atoms with Crippen LogP contribution in [0.25, 0.3) is 0 Å². The number of halogens is 1. The molecule has 2 rings (SSSR count). The molecule has 5 nitrogen and oxygen atoms in total. The first-order valence-electron chi connectivity index (χ1n) is 6.00. The lowest BCUT2D eigenvalue weighted by Gasteiger charge is -2.15. The molecule has 0 amide bonds. The van der Waals surface area contributed by atoms with Gasteiger partial charge in [0.15, 0.2) is 5.13 Å². The molecule has 0 fully saturated rings. The van der Waals surface area contributed by atoms with Gasteiger partial charge in [0, 0.05) is 11.1 Å². The number of rotatable bonds is 4. The quantitative estimate of drug-likeness (QED) is 0.895. The van der Waals surface area contributed by atoms with Crippen molar-refractivity contribution in [3.05, 3.63) is 39.9 Å². The predicted octanol–water partition coefficient (Wildman–Crippen LogP) is 3.77. The van der Waals surface area contributed by atoms with E-state index >= 15 is 0 Å². The number of thiazole rings is 1. The van der Waals surface area contributed by atoms with E-state index in [2.05, 4.69) is 10.3 Å². The van der Waals surface area contributed by atoms with Crippen molar-refractivity contribution in [1.29, 1.82) is 5.26 Å². The number of aliphatic carboxylic acids is 1. The number of carbonyl (C=O) groups is 1. The third-order valence-electron chi connectivity index (χ3n) is 3.02. The van der Waals surface area contributed by atoms with Gasteiger partial charge in [-0.15, -0.1) is 11.3 Å². The van der Waals surface area contributed by atoms with Crippen molar-refractivity contribution >= 4 is 39.7 Å². The third kappa shape index (κ3) is 3.15. The molecule has 0 aliphatic carbocycles. The first-order valence-corrected chi connectivity index (χ1v) is 7.26. The lowest BCUT2D eigenvalue weighted by Crippen LogP contribution is -2.28. The molecule has 0 radical (unpaired) electrons. The Labute approximate surface area is 130 Å². The van der Waals surface area contributed by atoms with Crippen molar-refractivity contribution in [1.82, 2.24) is 4.98 Å². The summed E-state index contributed by atoms with van der Waals surface area (Å²) in [7, 11) is 0. The maximum atomic E-state index is 11.2. The van der Waals surface area contributed by atoms with Crippen molar-refractivity contribution < 1.29 is 9.90 Å². The summed E-state index contributed by atoms with van der Waals surface area (Å²) in [4.78, 5) is 15.5. The molecule has 0 aliphatic heterocycles. The summed E-state index contributed by atoms with van der Waals surface area (Å²) in [5, 5.41) is 23.7. The largest absolute Gasteiger partial charge is 0.481 e. The summed E-state index contributed by atoms with van der Waals surface area (Å²) >= 11 is 7.27. The van der Waals surface area contributed by atoms with Gasteiger partial charge in [-0.25, -0.2) is 4.98 Å². The molecule has 0 saturated heterocycles. The van der Waals surface area contributed by atoms with E-state index < -0.39 is 11.4 Å². The van der Waals surface area contributed by atoms with Gasteiger partial charge in [-0.1, -0.05) is 11.6 Å². The Bertz CT molecular complexity index is 734. The molecule has 0 spiro atoms. The van der Waals surface area contributed by atoms with Crippen LogP contribution < -0.4 is 5.32 Å². The maximum Gasteiger partial charge on any atom is 0.315 e. The van der Waals surface area contributed by atoms with Crippen LogP contribution in [-0.2, 0) is 10.2 Å². The van der Waals surface area contributed by atoms with Gasteiger partial charge >= 0.3 is 5.97 Å². The van der Waals surface area contributed by atoms with Gasteiger partial charge < -0.3 is 10.4 Å². The Hall–Kier alpha value is -2.10. The summed E-state index contributed by atoms with van der Waals surface area (Å²) in [5.74, 6) is -0.930. The Kier molecular flexibility index (Phi) is 4.16. The van der Waals surface area contributed by atoms with Crippen LogP contribution >= 0.6 is 22.9 Å². The minimum absolute atomic E-state index is 0.352. The number of nitrogens with zero attached hydrogens (tertiary/aromatic N) is 2. The first-order chi connectivity index (χ1) is 9.84. The average Bonchev–Trinajstić information content (AvgIpc) is 2.88. The average molecular weight is 322 g/mol. The van der Waals surface area contributed by atoms with Gasteiger partial charge in [-0.2, -0.15) is 5.26 Å². The minimum Gasteiger partial charge on any atom is -0.481 e. The monoisotopic (exact) mass is 321 g/mol.